The van der Waals surface area contributed by atoms with Gasteiger partial charge in [-0.3, -0.25) is 0 Å². The Morgan fingerprint density at radius 2 is 1.71 bits per heavy atom. The van der Waals surface area contributed by atoms with Gasteiger partial charge in [0.25, 0.3) is 0 Å². The highest BCUT2D eigenvalue weighted by Gasteiger charge is 2.29. The van der Waals surface area contributed by atoms with Crippen LogP contribution in [0.15, 0.2) is 36.4 Å². The molecule has 0 saturated carbocycles. The molecule has 2 rings (SSSR count). The Kier molecular flexibility index (Phi) is 4.91. The van der Waals surface area contributed by atoms with Crippen LogP contribution in [0.1, 0.15) is 11.1 Å². The Hall–Kier alpha value is -2.84. The normalized spacial score (nSPS) is 11.2. The number of phenolic OH excluding ortho intramolecular Hbond substituents is 1. The second kappa shape index (κ2) is 6.73. The molecule has 2 aromatic rings. The van der Waals surface area contributed by atoms with Crippen LogP contribution in [0.25, 0.3) is 0 Å². The van der Waals surface area contributed by atoms with Gasteiger partial charge >= 0.3 is 12.2 Å². The highest BCUT2D eigenvalue weighted by atomic mass is 19.4. The maximum atomic E-state index is 13.1. The predicted molar refractivity (Wildman–Crippen MR) is 75.3 cm³/mol. The van der Waals surface area contributed by atoms with Gasteiger partial charge in [0, 0.05) is 18.7 Å². The number of halogens is 5. The van der Waals surface area contributed by atoms with E-state index in [4.69, 9.17) is 0 Å². The summed E-state index contributed by atoms with van der Waals surface area (Å²) in [5, 5.41) is 13.7. The molecular formula is C15H11F5N2O2. The summed E-state index contributed by atoms with van der Waals surface area (Å²) < 4.78 is 63.4. The van der Waals surface area contributed by atoms with Gasteiger partial charge in [-0.05, 0) is 17.7 Å². The number of hydrogen-bond acceptors (Lipinski definition) is 2. The number of urea groups is 1. The zero-order chi connectivity index (χ0) is 17.9. The maximum Gasteiger partial charge on any atom is 0.416 e. The fraction of sp³-hybridized carbons (Fsp3) is 0.133. The summed E-state index contributed by atoms with van der Waals surface area (Å²) in [5.41, 5.74) is -0.916. The van der Waals surface area contributed by atoms with Crippen LogP contribution in [0.4, 0.5) is 32.4 Å². The molecule has 2 aromatic carbocycles. The lowest BCUT2D eigenvalue weighted by Gasteiger charge is -2.11. The van der Waals surface area contributed by atoms with E-state index >= 15 is 0 Å². The zero-order valence-corrected chi connectivity index (χ0v) is 11.9. The van der Waals surface area contributed by atoms with Crippen molar-refractivity contribution in [3.8, 4) is 5.75 Å². The van der Waals surface area contributed by atoms with E-state index in [2.05, 4.69) is 5.32 Å². The summed E-state index contributed by atoms with van der Waals surface area (Å²) in [6.07, 6.45) is -4.46. The number of anilines is 1. The molecule has 3 N–H and O–H groups in total. The van der Waals surface area contributed by atoms with E-state index in [0.29, 0.717) is 11.6 Å². The lowest BCUT2D eigenvalue weighted by Crippen LogP contribution is -2.28. The standard InChI is InChI=1S/C15H11F5N2O2/c16-10-5-11(17)13(23)12(6-10)22-14(24)21-7-8-1-3-9(4-2-8)15(18,19)20/h1-6,23H,7H2,(H2,21,22,24). The van der Waals surface area contributed by atoms with Crippen LogP contribution in [0.5, 0.6) is 5.75 Å². The van der Waals surface area contributed by atoms with Gasteiger partial charge in [-0.1, -0.05) is 12.1 Å². The van der Waals surface area contributed by atoms with Crippen molar-refractivity contribution in [2.24, 2.45) is 0 Å². The average Bonchev–Trinajstić information content (AvgIpc) is 2.49. The molecule has 0 spiro atoms. The highest BCUT2D eigenvalue weighted by Crippen LogP contribution is 2.29. The molecule has 24 heavy (non-hydrogen) atoms. The molecule has 0 bridgehead atoms. The number of carbonyl (C=O) groups excluding carboxylic acids is 1. The second-order valence-corrected chi connectivity index (χ2v) is 4.79. The summed E-state index contributed by atoms with van der Waals surface area (Å²) >= 11 is 0. The number of carbonyl (C=O) groups is 1. The third-order valence-electron chi connectivity index (χ3n) is 3.01. The first-order valence-electron chi connectivity index (χ1n) is 6.56. The zero-order valence-electron chi connectivity index (χ0n) is 11.9. The van der Waals surface area contributed by atoms with Crippen LogP contribution < -0.4 is 10.6 Å². The van der Waals surface area contributed by atoms with Crippen molar-refractivity contribution in [1.82, 2.24) is 5.32 Å². The number of nitrogens with one attached hydrogen (secondary N) is 2. The van der Waals surface area contributed by atoms with Gasteiger partial charge in [0.05, 0.1) is 11.3 Å². The molecule has 0 fully saturated rings. The summed E-state index contributed by atoms with van der Waals surface area (Å²) in [7, 11) is 0. The number of alkyl halides is 3. The number of amides is 2. The number of phenols is 1. The van der Waals surface area contributed by atoms with Gasteiger partial charge in [-0.25, -0.2) is 13.6 Å². The van der Waals surface area contributed by atoms with E-state index in [1.165, 1.54) is 12.1 Å². The molecule has 0 unspecified atom stereocenters. The topological polar surface area (TPSA) is 61.4 Å². The minimum Gasteiger partial charge on any atom is -0.503 e. The minimum atomic E-state index is -4.46. The number of benzene rings is 2. The largest absolute Gasteiger partial charge is 0.503 e. The van der Waals surface area contributed by atoms with Crippen molar-refractivity contribution in [3.63, 3.8) is 0 Å². The van der Waals surface area contributed by atoms with Gasteiger partial charge in [0.2, 0.25) is 0 Å². The van der Waals surface area contributed by atoms with Gasteiger partial charge < -0.3 is 15.7 Å². The van der Waals surface area contributed by atoms with Crippen molar-refractivity contribution >= 4 is 11.7 Å². The smallest absolute Gasteiger partial charge is 0.416 e. The molecule has 9 heteroatoms. The molecule has 2 amide bonds. The van der Waals surface area contributed by atoms with Crippen LogP contribution in [-0.2, 0) is 12.7 Å². The van der Waals surface area contributed by atoms with E-state index < -0.39 is 40.8 Å². The molecule has 0 aliphatic rings. The third kappa shape index (κ3) is 4.34. The van der Waals surface area contributed by atoms with E-state index in [1.807, 2.05) is 5.32 Å². The first-order chi connectivity index (χ1) is 11.2. The van der Waals surface area contributed by atoms with Crippen LogP contribution >= 0.6 is 0 Å². The number of rotatable bonds is 3. The van der Waals surface area contributed by atoms with Gasteiger partial charge in [0.15, 0.2) is 11.6 Å². The Morgan fingerprint density at radius 1 is 1.08 bits per heavy atom. The molecule has 4 nitrogen and oxygen atoms in total. The van der Waals surface area contributed by atoms with Gasteiger partial charge in [-0.2, -0.15) is 13.2 Å². The Bertz CT molecular complexity index is 745. The Morgan fingerprint density at radius 3 is 2.29 bits per heavy atom. The van der Waals surface area contributed by atoms with Crippen molar-refractivity contribution in [2.75, 3.05) is 5.32 Å². The lowest BCUT2D eigenvalue weighted by atomic mass is 10.1. The van der Waals surface area contributed by atoms with Crippen LogP contribution in [0.2, 0.25) is 0 Å². The van der Waals surface area contributed by atoms with Gasteiger partial charge in [0.1, 0.15) is 5.82 Å². The fourth-order valence-electron chi connectivity index (χ4n) is 1.82. The summed E-state index contributed by atoms with van der Waals surface area (Å²) in [6, 6.07) is 4.36. The minimum absolute atomic E-state index is 0.122. The van der Waals surface area contributed by atoms with Crippen molar-refractivity contribution in [3.05, 3.63) is 59.2 Å². The SMILES string of the molecule is O=C(NCc1ccc(C(F)(F)F)cc1)Nc1cc(F)cc(F)c1O. The van der Waals surface area contributed by atoms with E-state index in [-0.39, 0.29) is 6.54 Å². The molecule has 0 aromatic heterocycles. The number of hydrogen-bond donors (Lipinski definition) is 3. The summed E-state index contributed by atoms with van der Waals surface area (Å²) in [6.45, 7) is -0.122. The summed E-state index contributed by atoms with van der Waals surface area (Å²) in [4.78, 5) is 11.6. The summed E-state index contributed by atoms with van der Waals surface area (Å²) in [5.74, 6) is -3.17. The van der Waals surface area contributed by atoms with Crippen molar-refractivity contribution in [2.45, 2.75) is 12.7 Å². The molecule has 0 aliphatic carbocycles. The molecule has 0 atom stereocenters. The Balaban J connectivity index is 1.96. The second-order valence-electron chi connectivity index (χ2n) is 4.79. The fourth-order valence-corrected chi connectivity index (χ4v) is 1.82. The van der Waals surface area contributed by atoms with Crippen LogP contribution in [0, 0.1) is 11.6 Å². The van der Waals surface area contributed by atoms with Crippen LogP contribution in [-0.4, -0.2) is 11.1 Å². The molecule has 0 radical (unpaired) electrons. The first kappa shape index (κ1) is 17.5. The van der Waals surface area contributed by atoms with Crippen LogP contribution in [0.3, 0.4) is 0 Å². The molecular weight excluding hydrogens is 335 g/mol. The highest BCUT2D eigenvalue weighted by molar-refractivity contribution is 5.90. The Labute approximate surface area is 132 Å². The third-order valence-corrected chi connectivity index (χ3v) is 3.01. The predicted octanol–water partition coefficient (Wildman–Crippen LogP) is 4.01. The van der Waals surface area contributed by atoms with Gasteiger partial charge in [-0.15, -0.1) is 0 Å². The quantitative estimate of drug-likeness (QED) is 0.581. The maximum absolute atomic E-state index is 13.1. The van der Waals surface area contributed by atoms with Crippen molar-refractivity contribution in [1.29, 1.82) is 0 Å². The van der Waals surface area contributed by atoms with E-state index in [9.17, 15) is 31.9 Å². The molecule has 0 aliphatic heterocycles. The average molecular weight is 346 g/mol. The monoisotopic (exact) mass is 346 g/mol. The number of aromatic hydroxyl groups is 1. The molecule has 0 heterocycles. The first-order valence-corrected chi connectivity index (χ1v) is 6.56. The van der Waals surface area contributed by atoms with E-state index in [1.54, 1.807) is 0 Å². The lowest BCUT2D eigenvalue weighted by molar-refractivity contribution is -0.137. The molecule has 128 valence electrons. The van der Waals surface area contributed by atoms with E-state index in [0.717, 1.165) is 18.2 Å². The van der Waals surface area contributed by atoms with Crippen molar-refractivity contribution < 1.29 is 31.9 Å². The molecule has 0 saturated heterocycles.